The van der Waals surface area contributed by atoms with Crippen molar-refractivity contribution in [2.24, 2.45) is 19.2 Å². The van der Waals surface area contributed by atoms with E-state index in [1.54, 1.807) is 14.1 Å². The third kappa shape index (κ3) is 4.55. The Labute approximate surface area is 142 Å². The highest BCUT2D eigenvalue weighted by Gasteiger charge is 2.19. The largest absolute Gasteiger partial charge is 0.539 e. The van der Waals surface area contributed by atoms with Crippen LogP contribution in [0.5, 0.6) is 0 Å². The van der Waals surface area contributed by atoms with Crippen molar-refractivity contribution in [1.82, 2.24) is 30.3 Å². The van der Waals surface area contributed by atoms with Gasteiger partial charge in [-0.1, -0.05) is 31.0 Å². The predicted molar refractivity (Wildman–Crippen MR) is 86.5 cm³/mol. The molecule has 1 N–H and O–H groups in total. The van der Waals surface area contributed by atoms with Crippen LogP contribution in [0.3, 0.4) is 0 Å². The van der Waals surface area contributed by atoms with Crippen LogP contribution in [0.1, 0.15) is 5.82 Å². The molecule has 10 heteroatoms. The number of amides is 2. The molecule has 1 aliphatic rings. The van der Waals surface area contributed by atoms with Gasteiger partial charge in [0.15, 0.2) is 5.84 Å². The van der Waals surface area contributed by atoms with Gasteiger partial charge in [0.2, 0.25) is 5.82 Å². The Balaban J connectivity index is 2.21. The van der Waals surface area contributed by atoms with E-state index in [2.05, 4.69) is 49.4 Å². The molecule has 0 saturated carbocycles. The fourth-order valence-corrected chi connectivity index (χ4v) is 1.71. The molecule has 2 heterocycles. The van der Waals surface area contributed by atoms with Crippen LogP contribution < -0.4 is 15.8 Å². The maximum Gasteiger partial charge on any atom is 0.539 e. The molecule has 2 rings (SSSR count). The number of hydrogen-bond donors (Lipinski definition) is 1. The second kappa shape index (κ2) is 7.59. The minimum atomic E-state index is -0.332. The molecular weight excluding hydrogens is 324 g/mol. The van der Waals surface area contributed by atoms with E-state index in [0.717, 1.165) is 0 Å². The van der Waals surface area contributed by atoms with Gasteiger partial charge >= 0.3 is 11.7 Å². The molecule has 0 unspecified atom stereocenters. The van der Waals surface area contributed by atoms with Gasteiger partial charge in [0.25, 0.3) is 0 Å². The zero-order valence-corrected chi connectivity index (χ0v) is 14.1. The Morgan fingerprint density at radius 1 is 1.08 bits per heavy atom. The van der Waals surface area contributed by atoms with Crippen molar-refractivity contribution in [1.29, 1.82) is 0 Å². The second-order valence-electron chi connectivity index (χ2n) is 4.80. The molecule has 1 aromatic heterocycles. The number of rotatable bonds is 2. The molecule has 2 amide bonds. The van der Waals surface area contributed by atoms with E-state index in [1.165, 1.54) is 45.6 Å². The molecular formula is C15H15N8O2+. The SMILES string of the molecule is CN1N=C(C=C=C=C=C=C=Cc2nn(C)c(=O)[n+](C)n2)NN(C)C1=O. The lowest BCUT2D eigenvalue weighted by atomic mass is 10.5. The van der Waals surface area contributed by atoms with Crippen molar-refractivity contribution in [2.45, 2.75) is 0 Å². The predicted octanol–water partition coefficient (Wildman–Crippen LogP) is -1.40. The zero-order valence-electron chi connectivity index (χ0n) is 14.1. The van der Waals surface area contributed by atoms with Crippen molar-refractivity contribution in [3.63, 3.8) is 0 Å². The van der Waals surface area contributed by atoms with Gasteiger partial charge < -0.3 is 0 Å². The highest BCUT2D eigenvalue weighted by atomic mass is 16.2. The van der Waals surface area contributed by atoms with E-state index in [1.807, 2.05) is 0 Å². The maximum atomic E-state index is 11.5. The highest BCUT2D eigenvalue weighted by Crippen LogP contribution is 1.98. The standard InChI is InChI=1S/C15H15N8O2/c1-20-14(24)21(2)17-12(16-20)10-8-6-5-7-9-11-13-18-22(3)15(25)23(4)19-13/h10-11H,1-4H3,(H,16,17)/q+1. The third-order valence-electron chi connectivity index (χ3n) is 2.84. The quantitative estimate of drug-likeness (QED) is 0.528. The van der Waals surface area contributed by atoms with Gasteiger partial charge in [-0.05, 0) is 17.2 Å². The van der Waals surface area contributed by atoms with Crippen LogP contribution in [-0.2, 0) is 14.1 Å². The van der Waals surface area contributed by atoms with Gasteiger partial charge in [0.1, 0.15) is 14.1 Å². The lowest BCUT2D eigenvalue weighted by Crippen LogP contribution is -2.55. The average molecular weight is 339 g/mol. The topological polar surface area (TPSA) is 99.6 Å². The molecule has 10 nitrogen and oxygen atoms in total. The fraction of sp³-hybridized carbons (Fsp3) is 0.267. The minimum Gasteiger partial charge on any atom is -0.276 e. The van der Waals surface area contributed by atoms with Gasteiger partial charge in [-0.3, -0.25) is 5.43 Å². The number of hydrogen-bond acceptors (Lipinski definition) is 6. The molecule has 0 spiro atoms. The Hall–Kier alpha value is -3.88. The summed E-state index contributed by atoms with van der Waals surface area (Å²) in [6.07, 6.45) is 2.94. The summed E-state index contributed by atoms with van der Waals surface area (Å²) >= 11 is 0. The van der Waals surface area contributed by atoms with Crippen LogP contribution >= 0.6 is 0 Å². The van der Waals surface area contributed by atoms with Gasteiger partial charge in [0.05, 0.1) is 0 Å². The highest BCUT2D eigenvalue weighted by molar-refractivity contribution is 5.96. The van der Waals surface area contributed by atoms with E-state index < -0.39 is 0 Å². The summed E-state index contributed by atoms with van der Waals surface area (Å²) in [5.74, 6) is 0.722. The first-order valence-corrected chi connectivity index (χ1v) is 6.99. The molecule has 0 atom stereocenters. The van der Waals surface area contributed by atoms with Crippen molar-refractivity contribution in [2.75, 3.05) is 14.1 Å². The number of hydrazone groups is 1. The Morgan fingerprint density at radius 2 is 1.76 bits per heavy atom. The van der Waals surface area contributed by atoms with E-state index in [4.69, 9.17) is 0 Å². The summed E-state index contributed by atoms with van der Waals surface area (Å²) < 4.78 is 2.33. The lowest BCUT2D eigenvalue weighted by Gasteiger charge is -2.27. The van der Waals surface area contributed by atoms with Gasteiger partial charge in [-0.15, -0.1) is 5.10 Å². The van der Waals surface area contributed by atoms with Gasteiger partial charge in [0, 0.05) is 26.2 Å². The Bertz CT molecular complexity index is 978. The summed E-state index contributed by atoms with van der Waals surface area (Å²) in [7, 11) is 6.18. The van der Waals surface area contributed by atoms with Crippen LogP contribution in [0.4, 0.5) is 4.79 Å². The minimum absolute atomic E-state index is 0.279. The molecule has 0 radical (unpaired) electrons. The van der Waals surface area contributed by atoms with E-state index in [9.17, 15) is 9.59 Å². The molecule has 0 aliphatic carbocycles. The average Bonchev–Trinajstić information content (AvgIpc) is 2.56. The van der Waals surface area contributed by atoms with Crippen LogP contribution in [0, 0.1) is 0 Å². The van der Waals surface area contributed by atoms with Gasteiger partial charge in [-0.25, -0.2) is 14.8 Å². The number of nitrogens with zero attached hydrogens (tertiary/aromatic N) is 7. The smallest absolute Gasteiger partial charge is 0.276 e. The summed E-state index contributed by atoms with van der Waals surface area (Å²) in [6.45, 7) is 0. The first kappa shape index (κ1) is 17.5. The van der Waals surface area contributed by atoms with Gasteiger partial charge in [-0.2, -0.15) is 4.79 Å². The van der Waals surface area contributed by atoms with Crippen molar-refractivity contribution in [3.05, 3.63) is 51.0 Å². The number of aryl methyl sites for hydroxylation is 2. The number of urea groups is 1. The van der Waals surface area contributed by atoms with Crippen molar-refractivity contribution in [3.8, 4) is 0 Å². The molecule has 1 aromatic rings. The Morgan fingerprint density at radius 3 is 2.40 bits per heavy atom. The van der Waals surface area contributed by atoms with E-state index in [0.29, 0.717) is 11.7 Å². The summed E-state index contributed by atoms with van der Waals surface area (Å²) in [5.41, 5.74) is 15.5. The third-order valence-corrected chi connectivity index (χ3v) is 2.84. The van der Waals surface area contributed by atoms with Crippen LogP contribution in [0.15, 0.2) is 44.6 Å². The molecule has 0 bridgehead atoms. The maximum absolute atomic E-state index is 11.5. The van der Waals surface area contributed by atoms with E-state index in [-0.39, 0.29) is 11.7 Å². The van der Waals surface area contributed by atoms with Crippen LogP contribution in [0.25, 0.3) is 6.08 Å². The first-order valence-electron chi connectivity index (χ1n) is 6.99. The molecule has 0 fully saturated rings. The number of nitrogens with one attached hydrogen (secondary N) is 1. The number of carbonyl (C=O) groups excluding carboxylic acids is 1. The van der Waals surface area contributed by atoms with Crippen molar-refractivity contribution < 1.29 is 9.48 Å². The molecule has 0 saturated heterocycles. The fourth-order valence-electron chi connectivity index (χ4n) is 1.71. The van der Waals surface area contributed by atoms with Crippen LogP contribution in [-0.4, -0.2) is 50.9 Å². The number of amidine groups is 1. The number of hydrazine groups is 1. The normalized spacial score (nSPS) is 12.6. The molecule has 25 heavy (non-hydrogen) atoms. The lowest BCUT2D eigenvalue weighted by molar-refractivity contribution is -0.750. The summed E-state index contributed by atoms with van der Waals surface area (Å²) in [4.78, 5) is 22.9. The summed E-state index contributed by atoms with van der Waals surface area (Å²) in [6, 6.07) is -0.279. The monoisotopic (exact) mass is 339 g/mol. The van der Waals surface area contributed by atoms with Crippen LogP contribution in [0.2, 0.25) is 0 Å². The summed E-state index contributed by atoms with van der Waals surface area (Å²) in [5, 5.41) is 14.3. The molecule has 126 valence electrons. The second-order valence-corrected chi connectivity index (χ2v) is 4.80. The van der Waals surface area contributed by atoms with Crippen molar-refractivity contribution >= 4 is 17.9 Å². The number of aromatic nitrogens is 4. The number of carbonyl (C=O) groups is 1. The zero-order chi connectivity index (χ0) is 18.4. The first-order chi connectivity index (χ1) is 11.9. The van der Waals surface area contributed by atoms with E-state index >= 15 is 0 Å². The molecule has 0 aromatic carbocycles. The molecule has 1 aliphatic heterocycles. The Kier molecular flexibility index (Phi) is 5.31.